The molecule has 0 aliphatic heterocycles. The minimum Gasteiger partial charge on any atom is -0.491 e. The molecule has 0 amide bonds. The molecule has 3 rings (SSSR count). The average Bonchev–Trinajstić information content (AvgIpc) is 2.95. The molecule has 0 aliphatic carbocycles. The normalized spacial score (nSPS) is 10.8. The van der Waals surface area contributed by atoms with E-state index in [0.717, 1.165) is 21.6 Å². The van der Waals surface area contributed by atoms with Crippen LogP contribution in [0.2, 0.25) is 5.02 Å². The van der Waals surface area contributed by atoms with Crippen molar-refractivity contribution in [2.75, 3.05) is 13.3 Å². The molecule has 0 fully saturated rings. The number of benzene rings is 2. The van der Waals surface area contributed by atoms with Gasteiger partial charge in [-0.1, -0.05) is 17.7 Å². The number of thiophene rings is 1. The second kappa shape index (κ2) is 7.32. The molecule has 24 heavy (non-hydrogen) atoms. The van der Waals surface area contributed by atoms with Crippen molar-refractivity contribution in [1.82, 2.24) is 0 Å². The maximum Gasteiger partial charge on any atom is 0.132 e. The third kappa shape index (κ3) is 3.30. The quantitative estimate of drug-likeness (QED) is 0.500. The van der Waals surface area contributed by atoms with Crippen LogP contribution in [0.1, 0.15) is 5.56 Å². The van der Waals surface area contributed by atoms with E-state index in [4.69, 9.17) is 16.3 Å². The molecular formula is C19H15ClF2OS. The van der Waals surface area contributed by atoms with Crippen molar-refractivity contribution in [3.05, 3.63) is 64.2 Å². The number of alkyl halides is 1. The molecule has 2 aromatic carbocycles. The largest absolute Gasteiger partial charge is 0.491 e. The van der Waals surface area contributed by atoms with Crippen molar-refractivity contribution in [1.29, 1.82) is 0 Å². The lowest BCUT2D eigenvalue weighted by Gasteiger charge is -2.07. The van der Waals surface area contributed by atoms with E-state index in [2.05, 4.69) is 0 Å². The van der Waals surface area contributed by atoms with E-state index in [-0.39, 0.29) is 12.4 Å². The Labute approximate surface area is 148 Å². The SMILES string of the molecule is Cc1c(-c2c(F)cccc2Cl)csc1-c1ccc(OCCF)cc1. The predicted octanol–water partition coefficient (Wildman–Crippen LogP) is 6.53. The highest BCUT2D eigenvalue weighted by atomic mass is 35.5. The third-order valence-corrected chi connectivity index (χ3v) is 5.18. The summed E-state index contributed by atoms with van der Waals surface area (Å²) >= 11 is 7.72. The summed E-state index contributed by atoms with van der Waals surface area (Å²) in [6.07, 6.45) is 0. The number of halogens is 3. The van der Waals surface area contributed by atoms with Gasteiger partial charge in [0.1, 0.15) is 24.8 Å². The van der Waals surface area contributed by atoms with Crippen LogP contribution in [0, 0.1) is 12.7 Å². The van der Waals surface area contributed by atoms with Gasteiger partial charge in [0.2, 0.25) is 0 Å². The molecule has 0 spiro atoms. The topological polar surface area (TPSA) is 9.23 Å². The summed E-state index contributed by atoms with van der Waals surface area (Å²) in [6, 6.07) is 12.1. The van der Waals surface area contributed by atoms with Gasteiger partial charge in [-0.3, -0.25) is 0 Å². The summed E-state index contributed by atoms with van der Waals surface area (Å²) in [7, 11) is 0. The maximum absolute atomic E-state index is 14.2. The molecular weight excluding hydrogens is 350 g/mol. The van der Waals surface area contributed by atoms with Gasteiger partial charge in [-0.05, 0) is 59.8 Å². The zero-order valence-corrected chi connectivity index (χ0v) is 14.6. The molecule has 0 saturated carbocycles. The van der Waals surface area contributed by atoms with E-state index in [9.17, 15) is 8.78 Å². The first kappa shape index (κ1) is 16.9. The summed E-state index contributed by atoms with van der Waals surface area (Å²) in [5, 5.41) is 2.32. The summed E-state index contributed by atoms with van der Waals surface area (Å²) in [4.78, 5) is 1.04. The fourth-order valence-corrected chi connectivity index (χ4v) is 3.92. The van der Waals surface area contributed by atoms with E-state index >= 15 is 0 Å². The summed E-state index contributed by atoms with van der Waals surface area (Å²) < 4.78 is 31.6. The van der Waals surface area contributed by atoms with Gasteiger partial charge in [0.05, 0.1) is 5.02 Å². The number of hydrogen-bond acceptors (Lipinski definition) is 2. The lowest BCUT2D eigenvalue weighted by atomic mass is 10.0. The first-order valence-corrected chi connectivity index (χ1v) is 8.69. The molecule has 5 heteroatoms. The number of hydrogen-bond donors (Lipinski definition) is 0. The van der Waals surface area contributed by atoms with Crippen LogP contribution >= 0.6 is 22.9 Å². The third-order valence-electron chi connectivity index (χ3n) is 3.73. The van der Waals surface area contributed by atoms with Gasteiger partial charge in [-0.15, -0.1) is 11.3 Å². The summed E-state index contributed by atoms with van der Waals surface area (Å²) in [5.41, 5.74) is 3.21. The Bertz CT molecular complexity index is 823. The van der Waals surface area contributed by atoms with Crippen molar-refractivity contribution in [3.63, 3.8) is 0 Å². The standard InChI is InChI=1S/C19H15ClF2OS/c1-12-15(18-16(20)3-2-4-17(18)22)11-24-19(12)13-5-7-14(8-6-13)23-10-9-21/h2-8,11H,9-10H2,1H3. The lowest BCUT2D eigenvalue weighted by Crippen LogP contribution is -1.98. The fourth-order valence-electron chi connectivity index (χ4n) is 2.56. The highest BCUT2D eigenvalue weighted by Gasteiger charge is 2.16. The monoisotopic (exact) mass is 364 g/mol. The van der Waals surface area contributed by atoms with Crippen LogP contribution in [0.4, 0.5) is 8.78 Å². The van der Waals surface area contributed by atoms with Crippen LogP contribution in [-0.4, -0.2) is 13.3 Å². The molecule has 1 aromatic heterocycles. The fraction of sp³-hybridized carbons (Fsp3) is 0.158. The molecule has 0 unspecified atom stereocenters. The Kier molecular flexibility index (Phi) is 5.17. The Hall–Kier alpha value is -1.91. The highest BCUT2D eigenvalue weighted by molar-refractivity contribution is 7.14. The van der Waals surface area contributed by atoms with E-state index in [1.807, 2.05) is 24.4 Å². The van der Waals surface area contributed by atoms with Crippen molar-refractivity contribution in [2.45, 2.75) is 6.92 Å². The van der Waals surface area contributed by atoms with Crippen LogP contribution in [-0.2, 0) is 0 Å². The molecule has 1 heterocycles. The first-order valence-electron chi connectivity index (χ1n) is 7.43. The first-order chi connectivity index (χ1) is 11.6. The van der Waals surface area contributed by atoms with E-state index < -0.39 is 6.67 Å². The number of rotatable bonds is 5. The van der Waals surface area contributed by atoms with Gasteiger partial charge in [0, 0.05) is 16.0 Å². The van der Waals surface area contributed by atoms with Gasteiger partial charge >= 0.3 is 0 Å². The zero-order valence-electron chi connectivity index (χ0n) is 13.0. The second-order valence-corrected chi connectivity index (χ2v) is 6.55. The molecule has 0 radical (unpaired) electrons. The van der Waals surface area contributed by atoms with Gasteiger partial charge in [0.15, 0.2) is 0 Å². The Balaban J connectivity index is 1.96. The van der Waals surface area contributed by atoms with E-state index in [0.29, 0.717) is 16.3 Å². The van der Waals surface area contributed by atoms with Crippen molar-refractivity contribution in [2.24, 2.45) is 0 Å². The van der Waals surface area contributed by atoms with Gasteiger partial charge < -0.3 is 4.74 Å². The molecule has 0 saturated heterocycles. The molecule has 124 valence electrons. The molecule has 0 atom stereocenters. The Morgan fingerprint density at radius 3 is 2.54 bits per heavy atom. The maximum atomic E-state index is 14.2. The minimum absolute atomic E-state index is 0.0489. The van der Waals surface area contributed by atoms with Crippen molar-refractivity contribution in [3.8, 4) is 27.3 Å². The minimum atomic E-state index is -0.515. The lowest BCUT2D eigenvalue weighted by molar-refractivity contribution is 0.273. The molecule has 1 nitrogen and oxygen atoms in total. The van der Waals surface area contributed by atoms with Crippen molar-refractivity contribution < 1.29 is 13.5 Å². The molecule has 0 N–H and O–H groups in total. The van der Waals surface area contributed by atoms with E-state index in [1.54, 1.807) is 24.3 Å². The van der Waals surface area contributed by atoms with Gasteiger partial charge in [-0.25, -0.2) is 8.78 Å². The van der Waals surface area contributed by atoms with Crippen LogP contribution in [0.25, 0.3) is 21.6 Å². The average molecular weight is 365 g/mol. The van der Waals surface area contributed by atoms with Crippen LogP contribution in [0.15, 0.2) is 47.8 Å². The Morgan fingerprint density at radius 2 is 1.88 bits per heavy atom. The smallest absolute Gasteiger partial charge is 0.132 e. The van der Waals surface area contributed by atoms with Crippen LogP contribution in [0.3, 0.4) is 0 Å². The second-order valence-electron chi connectivity index (χ2n) is 5.26. The number of ether oxygens (including phenoxy) is 1. The van der Waals surface area contributed by atoms with Crippen LogP contribution < -0.4 is 4.74 Å². The van der Waals surface area contributed by atoms with Gasteiger partial charge in [0.25, 0.3) is 0 Å². The van der Waals surface area contributed by atoms with Crippen LogP contribution in [0.5, 0.6) is 5.75 Å². The highest BCUT2D eigenvalue weighted by Crippen LogP contribution is 2.41. The summed E-state index contributed by atoms with van der Waals surface area (Å²) in [5.74, 6) is 0.299. The molecule has 0 aliphatic rings. The molecule has 0 bridgehead atoms. The predicted molar refractivity (Wildman–Crippen MR) is 96.4 cm³/mol. The van der Waals surface area contributed by atoms with Crippen molar-refractivity contribution >= 4 is 22.9 Å². The molecule has 3 aromatic rings. The summed E-state index contributed by atoms with van der Waals surface area (Å²) in [6.45, 7) is 1.49. The zero-order chi connectivity index (χ0) is 17.1. The Morgan fingerprint density at radius 1 is 1.12 bits per heavy atom. The van der Waals surface area contributed by atoms with Gasteiger partial charge in [-0.2, -0.15) is 0 Å². The van der Waals surface area contributed by atoms with E-state index in [1.165, 1.54) is 17.4 Å².